The Bertz CT molecular complexity index is 4240. The molecule has 0 N–H and O–H groups in total. The van der Waals surface area contributed by atoms with E-state index in [1.54, 1.807) is 0 Å². The van der Waals surface area contributed by atoms with Gasteiger partial charge in [0, 0.05) is 40.3 Å². The van der Waals surface area contributed by atoms with E-state index >= 15 is 0 Å². The fourth-order valence-electron chi connectivity index (χ4n) is 10.9. The summed E-state index contributed by atoms with van der Waals surface area (Å²) in [5, 5.41) is 17.9. The Balaban J connectivity index is 1.19. The monoisotopic (exact) mass is 844 g/mol. The minimum atomic E-state index is 1.21. The number of benzene rings is 12. The molecule has 0 radical (unpaired) electrons. The van der Waals surface area contributed by atoms with Gasteiger partial charge in [-0.3, -0.25) is 0 Å². The largest absolute Gasteiger partial charge is 0.135 e. The smallest absolute Gasteiger partial charge is 0.0361 e. The molecular formula is C62H36S2. The summed E-state index contributed by atoms with van der Waals surface area (Å²) in [6.45, 7) is 0. The van der Waals surface area contributed by atoms with Crippen LogP contribution in [0.25, 0.3) is 139 Å². The van der Waals surface area contributed by atoms with Crippen molar-refractivity contribution in [2.24, 2.45) is 0 Å². The summed E-state index contributed by atoms with van der Waals surface area (Å²) in [5.41, 5.74) is 10.0. The van der Waals surface area contributed by atoms with E-state index in [0.717, 1.165) is 0 Å². The minimum absolute atomic E-state index is 1.21. The molecule has 0 bridgehead atoms. The molecule has 0 atom stereocenters. The molecule has 0 aliphatic rings. The van der Waals surface area contributed by atoms with Crippen LogP contribution in [0.2, 0.25) is 0 Å². The van der Waals surface area contributed by atoms with Crippen molar-refractivity contribution in [3.63, 3.8) is 0 Å². The highest BCUT2D eigenvalue weighted by atomic mass is 32.1. The van der Waals surface area contributed by atoms with Gasteiger partial charge in [-0.05, 0) is 135 Å². The second-order valence-corrected chi connectivity index (χ2v) is 19.2. The summed E-state index contributed by atoms with van der Waals surface area (Å²) >= 11 is 3.78. The van der Waals surface area contributed by atoms with Crippen LogP contribution in [-0.4, -0.2) is 0 Å². The van der Waals surface area contributed by atoms with E-state index in [2.05, 4.69) is 218 Å². The number of fused-ring (bicyclic) bond motifs is 12. The molecule has 0 saturated carbocycles. The van der Waals surface area contributed by atoms with Gasteiger partial charge in [-0.15, -0.1) is 22.7 Å². The molecule has 2 aromatic heterocycles. The first kappa shape index (κ1) is 35.9. The van der Waals surface area contributed by atoms with Crippen LogP contribution in [0.3, 0.4) is 0 Å². The molecule has 2 heterocycles. The van der Waals surface area contributed by atoms with E-state index in [9.17, 15) is 0 Å². The summed E-state index contributed by atoms with van der Waals surface area (Å²) in [6, 6.07) is 82.1. The van der Waals surface area contributed by atoms with Crippen LogP contribution in [0.1, 0.15) is 0 Å². The van der Waals surface area contributed by atoms with Gasteiger partial charge in [-0.1, -0.05) is 182 Å². The highest BCUT2D eigenvalue weighted by Crippen LogP contribution is 2.52. The van der Waals surface area contributed by atoms with Crippen molar-refractivity contribution in [3.8, 4) is 44.5 Å². The van der Waals surface area contributed by atoms with Gasteiger partial charge in [-0.2, -0.15) is 0 Å². The quantitative estimate of drug-likeness (QED) is 0.122. The minimum Gasteiger partial charge on any atom is -0.135 e. The van der Waals surface area contributed by atoms with E-state index in [1.807, 2.05) is 22.7 Å². The summed E-state index contributed by atoms with van der Waals surface area (Å²) in [6.07, 6.45) is 0. The van der Waals surface area contributed by atoms with Crippen LogP contribution in [0.5, 0.6) is 0 Å². The zero-order valence-electron chi connectivity index (χ0n) is 34.6. The number of hydrogen-bond acceptors (Lipinski definition) is 2. The highest BCUT2D eigenvalue weighted by Gasteiger charge is 2.24. The standard InChI is InChI=1S/C62H36S2/c1-2-16-38(17-3-1)61-52-36-54-53(35-51(52)42-20-6-7-23-48(42)62(61)47-26-14-18-37-15-4-5-19-41(37)47)59(39-29-31-45-43-21-10-12-27-55(43)63-57(45)33-39)49-24-8-9-25-50(49)60(54)40-30-32-46-44-22-11-13-28-56(44)64-58(46)34-40/h1-36H. The molecule has 14 rings (SSSR count). The molecule has 0 nitrogen and oxygen atoms in total. The predicted molar refractivity (Wildman–Crippen MR) is 281 cm³/mol. The third-order valence-electron chi connectivity index (χ3n) is 13.6. The lowest BCUT2D eigenvalue weighted by Crippen LogP contribution is -1.95. The average Bonchev–Trinajstić information content (AvgIpc) is 3.92. The molecule has 14 aromatic rings. The Morgan fingerprint density at radius 2 is 0.641 bits per heavy atom. The fourth-order valence-corrected chi connectivity index (χ4v) is 13.2. The van der Waals surface area contributed by atoms with Crippen LogP contribution in [0.15, 0.2) is 218 Å². The zero-order chi connectivity index (χ0) is 41.9. The first-order chi connectivity index (χ1) is 31.7. The van der Waals surface area contributed by atoms with Gasteiger partial charge in [0.25, 0.3) is 0 Å². The summed E-state index contributed by atoms with van der Waals surface area (Å²) in [4.78, 5) is 0. The van der Waals surface area contributed by atoms with Crippen molar-refractivity contribution in [3.05, 3.63) is 218 Å². The predicted octanol–water partition coefficient (Wildman–Crippen LogP) is 18.9. The maximum absolute atomic E-state index is 2.56. The Labute approximate surface area is 377 Å². The summed E-state index contributed by atoms with van der Waals surface area (Å²) in [5.74, 6) is 0. The Hall–Kier alpha value is -7.62. The summed E-state index contributed by atoms with van der Waals surface area (Å²) in [7, 11) is 0. The SMILES string of the molecule is c1ccc(-c2c(-c3cccc4ccccc34)c3ccccc3c3cc4c(-c5ccc6c(c5)sc5ccccc56)c5ccccc5c(-c5ccc6c(c5)sc5ccccc56)c4cc23)cc1. The van der Waals surface area contributed by atoms with Gasteiger partial charge in [0.15, 0.2) is 0 Å². The van der Waals surface area contributed by atoms with E-state index in [4.69, 9.17) is 0 Å². The van der Waals surface area contributed by atoms with Crippen molar-refractivity contribution in [2.75, 3.05) is 0 Å². The number of rotatable bonds is 4. The average molecular weight is 845 g/mol. The second kappa shape index (κ2) is 13.9. The number of hydrogen-bond donors (Lipinski definition) is 0. The van der Waals surface area contributed by atoms with Crippen LogP contribution in [0, 0.1) is 0 Å². The molecule has 0 fully saturated rings. The van der Waals surface area contributed by atoms with Crippen LogP contribution >= 0.6 is 22.7 Å². The molecule has 296 valence electrons. The third-order valence-corrected chi connectivity index (χ3v) is 15.9. The van der Waals surface area contributed by atoms with Gasteiger partial charge < -0.3 is 0 Å². The molecule has 0 aliphatic carbocycles. The van der Waals surface area contributed by atoms with E-state index in [-0.39, 0.29) is 0 Å². The molecule has 0 aliphatic heterocycles. The van der Waals surface area contributed by atoms with Crippen molar-refractivity contribution >= 4 is 117 Å². The normalized spacial score (nSPS) is 12.1. The molecule has 2 heteroatoms. The van der Waals surface area contributed by atoms with Crippen LogP contribution < -0.4 is 0 Å². The van der Waals surface area contributed by atoms with E-state index in [1.165, 1.54) is 139 Å². The Kier molecular flexibility index (Phi) is 7.83. The highest BCUT2D eigenvalue weighted by molar-refractivity contribution is 7.26. The lowest BCUT2D eigenvalue weighted by atomic mass is 9.80. The van der Waals surface area contributed by atoms with Gasteiger partial charge in [-0.25, -0.2) is 0 Å². The van der Waals surface area contributed by atoms with Crippen molar-refractivity contribution in [1.29, 1.82) is 0 Å². The Morgan fingerprint density at radius 3 is 1.25 bits per heavy atom. The fraction of sp³-hybridized carbons (Fsp3) is 0. The molecule has 0 unspecified atom stereocenters. The van der Waals surface area contributed by atoms with Crippen molar-refractivity contribution in [1.82, 2.24) is 0 Å². The lowest BCUT2D eigenvalue weighted by Gasteiger charge is -2.23. The van der Waals surface area contributed by atoms with Gasteiger partial charge in [0.05, 0.1) is 0 Å². The third kappa shape index (κ3) is 5.28. The number of thiophene rings is 2. The Morgan fingerprint density at radius 1 is 0.203 bits per heavy atom. The van der Waals surface area contributed by atoms with Crippen LogP contribution in [0.4, 0.5) is 0 Å². The van der Waals surface area contributed by atoms with E-state index < -0.39 is 0 Å². The molecule has 0 spiro atoms. The van der Waals surface area contributed by atoms with Gasteiger partial charge in [0.2, 0.25) is 0 Å². The maximum atomic E-state index is 2.56. The van der Waals surface area contributed by atoms with Crippen LogP contribution in [-0.2, 0) is 0 Å². The van der Waals surface area contributed by atoms with Gasteiger partial charge in [0.1, 0.15) is 0 Å². The molecule has 12 aromatic carbocycles. The molecule has 0 amide bonds. The van der Waals surface area contributed by atoms with Crippen molar-refractivity contribution in [2.45, 2.75) is 0 Å². The van der Waals surface area contributed by atoms with Gasteiger partial charge >= 0.3 is 0 Å². The van der Waals surface area contributed by atoms with E-state index in [0.29, 0.717) is 0 Å². The topological polar surface area (TPSA) is 0 Å². The molecule has 64 heavy (non-hydrogen) atoms. The maximum Gasteiger partial charge on any atom is 0.0361 e. The first-order valence-corrected chi connectivity index (χ1v) is 23.6. The lowest BCUT2D eigenvalue weighted by molar-refractivity contribution is 1.65. The summed E-state index contributed by atoms with van der Waals surface area (Å²) < 4.78 is 5.27. The molecular weight excluding hydrogens is 809 g/mol. The molecule has 0 saturated heterocycles. The first-order valence-electron chi connectivity index (χ1n) is 22.0. The zero-order valence-corrected chi connectivity index (χ0v) is 36.2. The second-order valence-electron chi connectivity index (χ2n) is 17.0. The van der Waals surface area contributed by atoms with Crippen molar-refractivity contribution < 1.29 is 0 Å².